The minimum atomic E-state index is 0.270. The van der Waals surface area contributed by atoms with Crippen LogP contribution in [-0.2, 0) is 13.0 Å². The van der Waals surface area contributed by atoms with E-state index in [1.165, 1.54) is 10.6 Å². The minimum Gasteiger partial charge on any atom is -0.346 e. The molecule has 0 aliphatic carbocycles. The first kappa shape index (κ1) is 14.8. The predicted octanol–water partition coefficient (Wildman–Crippen LogP) is 2.08. The fraction of sp³-hybridized carbons (Fsp3) is 0.786. The minimum absolute atomic E-state index is 0.270. The summed E-state index contributed by atoms with van der Waals surface area (Å²) in [6, 6.07) is 0. The van der Waals surface area contributed by atoms with Crippen LogP contribution in [-0.4, -0.2) is 41.6 Å². The van der Waals surface area contributed by atoms with Crippen LogP contribution in [0.4, 0.5) is 5.13 Å². The van der Waals surface area contributed by atoms with Crippen LogP contribution in [0.5, 0.6) is 0 Å². The van der Waals surface area contributed by atoms with Crippen molar-refractivity contribution in [3.8, 4) is 0 Å². The molecule has 4 nitrogen and oxygen atoms in total. The molecule has 19 heavy (non-hydrogen) atoms. The maximum absolute atomic E-state index is 5.79. The fourth-order valence-corrected chi connectivity index (χ4v) is 3.59. The lowest BCUT2D eigenvalue weighted by Gasteiger charge is -2.42. The Morgan fingerprint density at radius 2 is 1.84 bits per heavy atom. The number of thiazole rings is 1. The van der Waals surface area contributed by atoms with Crippen LogP contribution in [0.1, 0.15) is 38.3 Å². The molecule has 0 aromatic carbocycles. The third kappa shape index (κ3) is 3.27. The van der Waals surface area contributed by atoms with E-state index in [0.717, 1.165) is 37.7 Å². The largest absolute Gasteiger partial charge is 0.346 e. The molecule has 0 atom stereocenters. The quantitative estimate of drug-likeness (QED) is 0.922. The van der Waals surface area contributed by atoms with Gasteiger partial charge in [-0.2, -0.15) is 0 Å². The van der Waals surface area contributed by atoms with E-state index in [-0.39, 0.29) is 5.54 Å². The first-order valence-electron chi connectivity index (χ1n) is 7.14. The topological polar surface area (TPSA) is 45.4 Å². The lowest BCUT2D eigenvalue weighted by molar-refractivity contribution is 0.128. The molecule has 0 unspecified atom stereocenters. The normalized spacial score (nSPS) is 18.1. The van der Waals surface area contributed by atoms with Crippen molar-refractivity contribution in [3.63, 3.8) is 0 Å². The van der Waals surface area contributed by atoms with Crippen molar-refractivity contribution in [3.05, 3.63) is 10.6 Å². The number of anilines is 1. The Morgan fingerprint density at radius 1 is 1.21 bits per heavy atom. The molecule has 0 saturated carbocycles. The van der Waals surface area contributed by atoms with Gasteiger partial charge in [-0.25, -0.2) is 4.98 Å². The predicted molar refractivity (Wildman–Crippen MR) is 82.9 cm³/mol. The van der Waals surface area contributed by atoms with Gasteiger partial charge >= 0.3 is 0 Å². The average Bonchev–Trinajstić information content (AvgIpc) is 2.81. The zero-order valence-electron chi connectivity index (χ0n) is 12.6. The van der Waals surface area contributed by atoms with Crippen LogP contribution >= 0.6 is 11.3 Å². The monoisotopic (exact) mass is 282 g/mol. The Bertz CT molecular complexity index is 392. The van der Waals surface area contributed by atoms with Gasteiger partial charge in [0, 0.05) is 43.1 Å². The van der Waals surface area contributed by atoms with Crippen LogP contribution in [0, 0.1) is 0 Å². The van der Waals surface area contributed by atoms with Crippen LogP contribution < -0.4 is 10.6 Å². The van der Waals surface area contributed by atoms with Crippen molar-refractivity contribution in [1.82, 2.24) is 9.88 Å². The van der Waals surface area contributed by atoms with E-state index in [9.17, 15) is 0 Å². The van der Waals surface area contributed by atoms with E-state index in [1.54, 1.807) is 11.3 Å². The van der Waals surface area contributed by atoms with E-state index in [4.69, 9.17) is 10.7 Å². The SMILES string of the molecule is CCc1nc(N2CCN(C(C)(C)C)CC2)sc1CN. The number of aryl methyl sites for hydroxylation is 1. The van der Waals surface area contributed by atoms with Crippen LogP contribution in [0.3, 0.4) is 0 Å². The molecular formula is C14H26N4S. The maximum Gasteiger partial charge on any atom is 0.185 e. The molecule has 5 heteroatoms. The molecule has 2 rings (SSSR count). The number of hydrogen-bond donors (Lipinski definition) is 1. The van der Waals surface area contributed by atoms with Gasteiger partial charge in [0.05, 0.1) is 5.69 Å². The molecule has 0 spiro atoms. The molecule has 108 valence electrons. The van der Waals surface area contributed by atoms with Gasteiger partial charge in [-0.05, 0) is 27.2 Å². The van der Waals surface area contributed by atoms with Gasteiger partial charge in [-0.3, -0.25) is 4.90 Å². The third-order valence-corrected chi connectivity index (χ3v) is 4.97. The fourth-order valence-electron chi connectivity index (χ4n) is 2.51. The Hall–Kier alpha value is -0.650. The summed E-state index contributed by atoms with van der Waals surface area (Å²) in [5.41, 5.74) is 7.24. The second-order valence-corrected chi connectivity index (χ2v) is 7.13. The summed E-state index contributed by atoms with van der Waals surface area (Å²) in [7, 11) is 0. The Balaban J connectivity index is 2.03. The molecule has 2 N–H and O–H groups in total. The van der Waals surface area contributed by atoms with Gasteiger partial charge < -0.3 is 10.6 Å². The van der Waals surface area contributed by atoms with Crippen molar-refractivity contribution < 1.29 is 0 Å². The Kier molecular flexibility index (Phi) is 4.48. The molecule has 0 bridgehead atoms. The zero-order chi connectivity index (χ0) is 14.0. The molecule has 0 amide bonds. The molecule has 1 aliphatic heterocycles. The van der Waals surface area contributed by atoms with Gasteiger partial charge in [-0.1, -0.05) is 6.92 Å². The summed E-state index contributed by atoms with van der Waals surface area (Å²) >= 11 is 1.77. The highest BCUT2D eigenvalue weighted by atomic mass is 32.1. The number of piperazine rings is 1. The molecule has 1 saturated heterocycles. The standard InChI is InChI=1S/C14H26N4S/c1-5-11-12(10-15)19-13(16-11)17-6-8-18(9-7-17)14(2,3)4/h5-10,15H2,1-4H3. The van der Waals surface area contributed by atoms with Crippen molar-refractivity contribution >= 4 is 16.5 Å². The van der Waals surface area contributed by atoms with Crippen molar-refractivity contribution in [2.45, 2.75) is 46.2 Å². The molecule has 2 heterocycles. The maximum atomic E-state index is 5.79. The molecular weight excluding hydrogens is 256 g/mol. The summed E-state index contributed by atoms with van der Waals surface area (Å²) in [6.45, 7) is 14.0. The highest BCUT2D eigenvalue weighted by Gasteiger charge is 2.27. The van der Waals surface area contributed by atoms with Gasteiger partial charge in [-0.15, -0.1) is 11.3 Å². The molecule has 0 radical (unpaired) electrons. The van der Waals surface area contributed by atoms with E-state index in [0.29, 0.717) is 6.54 Å². The summed E-state index contributed by atoms with van der Waals surface area (Å²) < 4.78 is 0. The van der Waals surface area contributed by atoms with E-state index in [1.807, 2.05) is 0 Å². The first-order valence-corrected chi connectivity index (χ1v) is 7.96. The summed E-state index contributed by atoms with van der Waals surface area (Å²) in [5, 5.41) is 1.16. The molecule has 1 aliphatic rings. The van der Waals surface area contributed by atoms with E-state index in [2.05, 4.69) is 37.5 Å². The lowest BCUT2D eigenvalue weighted by Crippen LogP contribution is -2.53. The first-order chi connectivity index (χ1) is 8.95. The van der Waals surface area contributed by atoms with Gasteiger partial charge in [0.25, 0.3) is 0 Å². The summed E-state index contributed by atoms with van der Waals surface area (Å²) in [4.78, 5) is 11.0. The van der Waals surface area contributed by atoms with Crippen LogP contribution in [0.2, 0.25) is 0 Å². The number of nitrogens with zero attached hydrogens (tertiary/aromatic N) is 3. The highest BCUT2D eigenvalue weighted by Crippen LogP contribution is 2.28. The summed E-state index contributed by atoms with van der Waals surface area (Å²) in [5.74, 6) is 0. The highest BCUT2D eigenvalue weighted by molar-refractivity contribution is 7.15. The number of hydrogen-bond acceptors (Lipinski definition) is 5. The van der Waals surface area contributed by atoms with Gasteiger partial charge in [0.2, 0.25) is 0 Å². The third-order valence-electron chi connectivity index (χ3n) is 3.79. The van der Waals surface area contributed by atoms with Crippen LogP contribution in [0.15, 0.2) is 0 Å². The number of rotatable bonds is 3. The smallest absolute Gasteiger partial charge is 0.185 e. The Morgan fingerprint density at radius 3 is 2.26 bits per heavy atom. The average molecular weight is 282 g/mol. The van der Waals surface area contributed by atoms with Crippen molar-refractivity contribution in [1.29, 1.82) is 0 Å². The Labute approximate surface area is 120 Å². The van der Waals surface area contributed by atoms with Crippen molar-refractivity contribution in [2.75, 3.05) is 31.1 Å². The molecule has 1 aromatic heterocycles. The van der Waals surface area contributed by atoms with Gasteiger partial charge in [0.15, 0.2) is 5.13 Å². The van der Waals surface area contributed by atoms with E-state index >= 15 is 0 Å². The van der Waals surface area contributed by atoms with Gasteiger partial charge in [0.1, 0.15) is 0 Å². The van der Waals surface area contributed by atoms with Crippen LogP contribution in [0.25, 0.3) is 0 Å². The number of nitrogens with two attached hydrogens (primary N) is 1. The second kappa shape index (κ2) is 5.77. The number of aromatic nitrogens is 1. The molecule has 1 fully saturated rings. The van der Waals surface area contributed by atoms with Crippen molar-refractivity contribution in [2.24, 2.45) is 5.73 Å². The summed E-state index contributed by atoms with van der Waals surface area (Å²) in [6.07, 6.45) is 0.977. The second-order valence-electron chi connectivity index (χ2n) is 6.07. The molecule has 1 aromatic rings. The lowest BCUT2D eigenvalue weighted by atomic mass is 10.1. The zero-order valence-corrected chi connectivity index (χ0v) is 13.4. The van der Waals surface area contributed by atoms with E-state index < -0.39 is 0 Å².